The lowest BCUT2D eigenvalue weighted by Gasteiger charge is -2.10. The second-order valence-electron chi connectivity index (χ2n) is 9.42. The van der Waals surface area contributed by atoms with Crippen LogP contribution in [0.15, 0.2) is 36.4 Å². The average Bonchev–Trinajstić information content (AvgIpc) is 3.69. The van der Waals surface area contributed by atoms with Crippen molar-refractivity contribution in [1.29, 1.82) is 0 Å². The summed E-state index contributed by atoms with van der Waals surface area (Å²) in [6.07, 6.45) is 14.8. The van der Waals surface area contributed by atoms with Crippen LogP contribution in [0, 0.1) is 12.8 Å². The van der Waals surface area contributed by atoms with E-state index >= 15 is 0 Å². The molecule has 194 valence electrons. The fraction of sp³-hybridized carbons (Fsp3) is 0.419. The second-order valence-corrected chi connectivity index (χ2v) is 9.42. The molecule has 1 aliphatic carbocycles. The fourth-order valence-corrected chi connectivity index (χ4v) is 5.29. The van der Waals surface area contributed by atoms with Crippen molar-refractivity contribution in [3.05, 3.63) is 59.3 Å². The molecular weight excluding hydrogens is 456 g/mol. The van der Waals surface area contributed by atoms with Gasteiger partial charge in [-0.1, -0.05) is 45.0 Å². The quantitative estimate of drug-likeness (QED) is 0.186. The van der Waals surface area contributed by atoms with E-state index < -0.39 is 0 Å². The average molecular weight is 497 g/mol. The summed E-state index contributed by atoms with van der Waals surface area (Å²) in [5, 5.41) is 7.00. The molecule has 0 unspecified atom stereocenters. The highest BCUT2D eigenvalue weighted by atomic mass is 15.0. The molecule has 0 spiro atoms. The molecule has 1 aliphatic heterocycles. The highest BCUT2D eigenvalue weighted by molar-refractivity contribution is 5.83. The molecule has 2 aromatic heterocycles. The number of aromatic nitrogens is 4. The van der Waals surface area contributed by atoms with Crippen LogP contribution in [0.4, 0.5) is 0 Å². The molecular formula is C31H40N6. The third-order valence-corrected chi connectivity index (χ3v) is 7.00. The van der Waals surface area contributed by atoms with E-state index in [1.54, 1.807) is 0 Å². The van der Waals surface area contributed by atoms with Crippen molar-refractivity contribution < 1.29 is 0 Å². The van der Waals surface area contributed by atoms with Crippen LogP contribution in [0.3, 0.4) is 0 Å². The van der Waals surface area contributed by atoms with E-state index in [-0.39, 0.29) is 0 Å². The van der Waals surface area contributed by atoms with E-state index in [1.165, 1.54) is 40.8 Å². The lowest BCUT2D eigenvalue weighted by Crippen LogP contribution is -2.14. The van der Waals surface area contributed by atoms with E-state index in [0.29, 0.717) is 6.04 Å². The van der Waals surface area contributed by atoms with Crippen LogP contribution in [0.1, 0.15) is 75.4 Å². The van der Waals surface area contributed by atoms with Crippen LogP contribution in [0.25, 0.3) is 33.4 Å². The van der Waals surface area contributed by atoms with Gasteiger partial charge in [-0.2, -0.15) is 0 Å². The zero-order valence-corrected chi connectivity index (χ0v) is 22.5. The van der Waals surface area contributed by atoms with Crippen LogP contribution >= 0.6 is 0 Å². The molecule has 0 saturated carbocycles. The summed E-state index contributed by atoms with van der Waals surface area (Å²) >= 11 is 0. The lowest BCUT2D eigenvalue weighted by molar-refractivity contribution is 0.610. The van der Waals surface area contributed by atoms with Gasteiger partial charge in [0.05, 0.1) is 29.3 Å². The Labute approximate surface area is 221 Å². The maximum Gasteiger partial charge on any atom is 0.124 e. The number of hydrogen-bond donors (Lipinski definition) is 4. The Kier molecular flexibility index (Phi) is 9.16. The molecule has 0 radical (unpaired) electrons. The molecule has 3 heterocycles. The van der Waals surface area contributed by atoms with Crippen molar-refractivity contribution in [2.75, 3.05) is 13.1 Å². The monoisotopic (exact) mass is 496 g/mol. The van der Waals surface area contributed by atoms with Crippen molar-refractivity contribution >= 4 is 11.0 Å². The number of benzene rings is 2. The number of H-pyrrole nitrogens is 2. The number of terminal acetylenes is 1. The van der Waals surface area contributed by atoms with Gasteiger partial charge in [-0.05, 0) is 80.4 Å². The van der Waals surface area contributed by atoms with Crippen LogP contribution in [0.2, 0.25) is 0 Å². The van der Waals surface area contributed by atoms with E-state index in [0.717, 1.165) is 73.7 Å². The van der Waals surface area contributed by atoms with Gasteiger partial charge < -0.3 is 20.6 Å². The van der Waals surface area contributed by atoms with Gasteiger partial charge in [0.15, 0.2) is 0 Å². The van der Waals surface area contributed by atoms with Crippen molar-refractivity contribution in [3.63, 3.8) is 0 Å². The number of aryl methyl sites for hydroxylation is 2. The van der Waals surface area contributed by atoms with Gasteiger partial charge in [0.25, 0.3) is 0 Å². The van der Waals surface area contributed by atoms with Crippen LogP contribution in [0.5, 0.6) is 0 Å². The maximum atomic E-state index is 5.07. The SMILES string of the molecule is C#C.CC.CCCNCc1nc2ccc(-c3ccc4c(c3)CCCc3[nH]c([C@@H]5CCCN5)nc3-4)cc2[nH]1. The summed E-state index contributed by atoms with van der Waals surface area (Å²) in [5.74, 6) is 2.11. The molecule has 6 heteroatoms. The molecule has 0 amide bonds. The molecule has 6 nitrogen and oxygen atoms in total. The highest BCUT2D eigenvalue weighted by Gasteiger charge is 2.24. The summed E-state index contributed by atoms with van der Waals surface area (Å²) in [5.41, 5.74) is 9.75. The predicted octanol–water partition coefficient (Wildman–Crippen LogP) is 6.31. The Morgan fingerprint density at radius 2 is 1.78 bits per heavy atom. The highest BCUT2D eigenvalue weighted by Crippen LogP contribution is 2.36. The Morgan fingerprint density at radius 3 is 2.57 bits per heavy atom. The van der Waals surface area contributed by atoms with Crippen molar-refractivity contribution in [1.82, 2.24) is 30.6 Å². The van der Waals surface area contributed by atoms with E-state index in [2.05, 4.69) is 76.8 Å². The summed E-state index contributed by atoms with van der Waals surface area (Å²) in [7, 11) is 0. The zero-order valence-electron chi connectivity index (χ0n) is 22.5. The summed E-state index contributed by atoms with van der Waals surface area (Å²) in [4.78, 5) is 16.9. The Balaban J connectivity index is 0.000000765. The van der Waals surface area contributed by atoms with Gasteiger partial charge in [0.2, 0.25) is 0 Å². The topological polar surface area (TPSA) is 81.4 Å². The Morgan fingerprint density at radius 1 is 0.973 bits per heavy atom. The number of hydrogen-bond acceptors (Lipinski definition) is 4. The minimum atomic E-state index is 0.378. The Hall–Kier alpha value is -3.40. The van der Waals surface area contributed by atoms with Crippen LogP contribution < -0.4 is 10.6 Å². The maximum absolute atomic E-state index is 5.07. The summed E-state index contributed by atoms with van der Waals surface area (Å²) < 4.78 is 0. The second kappa shape index (κ2) is 12.7. The van der Waals surface area contributed by atoms with Gasteiger partial charge in [0, 0.05) is 11.3 Å². The third-order valence-electron chi connectivity index (χ3n) is 7.00. The minimum Gasteiger partial charge on any atom is -0.344 e. The standard InChI is InChI=1S/C27H32N6.C2H6.C2H2/c1-2-12-28-16-25-30-21-11-9-18(15-24(21)31-25)17-8-10-20-19(14-17)5-3-6-22-26(20)33-27(32-22)23-7-4-13-29-23;2*1-2/h8-11,14-15,23,28-29H,2-7,12-13,16H2,1H3,(H,30,31)(H,32,33);1-2H3;1-2H/t23-;;/m0../s1. The van der Waals surface area contributed by atoms with Crippen molar-refractivity contribution in [3.8, 4) is 35.2 Å². The molecule has 6 rings (SSSR count). The minimum absolute atomic E-state index is 0.378. The van der Waals surface area contributed by atoms with E-state index in [9.17, 15) is 0 Å². The molecule has 4 N–H and O–H groups in total. The van der Waals surface area contributed by atoms with Gasteiger partial charge in [-0.25, -0.2) is 9.97 Å². The number of imidazole rings is 2. The zero-order chi connectivity index (χ0) is 26.2. The number of aromatic amines is 2. The lowest BCUT2D eigenvalue weighted by atomic mass is 9.96. The number of fused-ring (bicyclic) bond motifs is 4. The van der Waals surface area contributed by atoms with Gasteiger partial charge >= 0.3 is 0 Å². The molecule has 2 aliphatic rings. The largest absolute Gasteiger partial charge is 0.344 e. The molecule has 1 atom stereocenters. The first-order valence-corrected chi connectivity index (χ1v) is 13.8. The van der Waals surface area contributed by atoms with Gasteiger partial charge in [-0.15, -0.1) is 12.8 Å². The predicted molar refractivity (Wildman–Crippen MR) is 154 cm³/mol. The first kappa shape index (κ1) is 26.7. The van der Waals surface area contributed by atoms with Crippen molar-refractivity contribution in [2.24, 2.45) is 0 Å². The normalized spacial score (nSPS) is 16.1. The van der Waals surface area contributed by atoms with Gasteiger partial charge in [-0.3, -0.25) is 0 Å². The van der Waals surface area contributed by atoms with Crippen LogP contribution in [-0.4, -0.2) is 33.0 Å². The molecule has 37 heavy (non-hydrogen) atoms. The first-order valence-electron chi connectivity index (χ1n) is 13.8. The molecule has 4 aromatic rings. The Bertz CT molecular complexity index is 1320. The summed E-state index contributed by atoms with van der Waals surface area (Å²) in [6, 6.07) is 13.8. The smallest absolute Gasteiger partial charge is 0.124 e. The fourth-order valence-electron chi connectivity index (χ4n) is 5.29. The van der Waals surface area contributed by atoms with Gasteiger partial charge in [0.1, 0.15) is 11.6 Å². The first-order chi connectivity index (χ1) is 18.3. The number of nitrogens with zero attached hydrogens (tertiary/aromatic N) is 2. The molecule has 1 saturated heterocycles. The van der Waals surface area contributed by atoms with Crippen LogP contribution in [-0.2, 0) is 19.4 Å². The molecule has 0 bridgehead atoms. The summed E-state index contributed by atoms with van der Waals surface area (Å²) in [6.45, 7) is 9.05. The number of nitrogens with one attached hydrogen (secondary N) is 4. The van der Waals surface area contributed by atoms with E-state index in [4.69, 9.17) is 9.97 Å². The number of rotatable bonds is 6. The molecule has 1 fully saturated rings. The van der Waals surface area contributed by atoms with E-state index in [1.807, 2.05) is 13.8 Å². The third kappa shape index (κ3) is 5.79. The molecule has 2 aromatic carbocycles. The van der Waals surface area contributed by atoms with Crippen molar-refractivity contribution in [2.45, 2.75) is 71.9 Å².